The van der Waals surface area contributed by atoms with Gasteiger partial charge in [0.05, 0.1) is 18.2 Å². The zero-order valence-corrected chi connectivity index (χ0v) is 21.6. The Bertz CT molecular complexity index is 1540. The Morgan fingerprint density at radius 3 is 2.84 bits per heavy atom. The molecule has 2 aromatic heterocycles. The summed E-state index contributed by atoms with van der Waals surface area (Å²) in [6.07, 6.45) is 7.25. The lowest BCUT2D eigenvalue weighted by atomic mass is 9.97. The fourth-order valence-corrected chi connectivity index (χ4v) is 5.60. The number of hydrogen-bond acceptors (Lipinski definition) is 7. The van der Waals surface area contributed by atoms with Crippen molar-refractivity contribution in [2.45, 2.75) is 39.5 Å². The first-order chi connectivity index (χ1) is 18.0. The Morgan fingerprint density at radius 2 is 2.00 bits per heavy atom. The molecule has 2 aromatic carbocycles. The van der Waals surface area contributed by atoms with Gasteiger partial charge in [0, 0.05) is 10.6 Å². The summed E-state index contributed by atoms with van der Waals surface area (Å²) in [5.74, 6) is 0.673. The molecule has 0 atom stereocenters. The molecule has 0 fully saturated rings. The lowest BCUT2D eigenvalue weighted by Crippen LogP contribution is -2.20. The van der Waals surface area contributed by atoms with Crippen molar-refractivity contribution in [1.29, 1.82) is 0 Å². The second-order valence-corrected chi connectivity index (χ2v) is 9.90. The zero-order valence-electron chi connectivity index (χ0n) is 20.8. The van der Waals surface area contributed by atoms with Crippen LogP contribution in [0.5, 0.6) is 11.5 Å². The summed E-state index contributed by atoms with van der Waals surface area (Å²) in [6.45, 7) is 4.07. The minimum Gasteiger partial charge on any atom is -0.490 e. The number of anilines is 1. The molecule has 8 nitrogen and oxygen atoms in total. The highest BCUT2D eigenvalue weighted by atomic mass is 32.1. The third kappa shape index (κ3) is 5.41. The maximum absolute atomic E-state index is 13.1. The number of hydrogen-bond donors (Lipinski definition) is 1. The van der Waals surface area contributed by atoms with Gasteiger partial charge in [0.1, 0.15) is 11.2 Å². The Balaban J connectivity index is 1.32. The van der Waals surface area contributed by atoms with E-state index in [9.17, 15) is 9.59 Å². The van der Waals surface area contributed by atoms with Crippen molar-refractivity contribution < 1.29 is 14.3 Å². The molecule has 4 aromatic rings. The van der Waals surface area contributed by atoms with Gasteiger partial charge in [0.25, 0.3) is 11.5 Å². The number of fused-ring (bicyclic) bond motifs is 3. The van der Waals surface area contributed by atoms with Crippen LogP contribution >= 0.6 is 11.3 Å². The minimum absolute atomic E-state index is 0.148. The van der Waals surface area contributed by atoms with Crippen LogP contribution in [0.2, 0.25) is 0 Å². The van der Waals surface area contributed by atoms with E-state index in [0.29, 0.717) is 23.5 Å². The van der Waals surface area contributed by atoms with E-state index in [1.54, 1.807) is 35.8 Å². The molecule has 1 aliphatic carbocycles. The summed E-state index contributed by atoms with van der Waals surface area (Å²) in [4.78, 5) is 32.1. The summed E-state index contributed by atoms with van der Waals surface area (Å²) in [5.41, 5.74) is 3.44. The van der Waals surface area contributed by atoms with Gasteiger partial charge < -0.3 is 14.8 Å². The van der Waals surface area contributed by atoms with E-state index >= 15 is 0 Å². The van der Waals surface area contributed by atoms with Crippen LogP contribution in [0.15, 0.2) is 58.7 Å². The molecular weight excluding hydrogens is 488 g/mol. The number of nitrogens with one attached hydrogen (secondary N) is 1. The lowest BCUT2D eigenvalue weighted by Gasteiger charge is -2.13. The average molecular weight is 517 g/mol. The molecule has 9 heteroatoms. The molecule has 0 saturated heterocycles. The number of thiophene rings is 1. The van der Waals surface area contributed by atoms with Gasteiger partial charge in [-0.3, -0.25) is 9.59 Å². The number of benzene rings is 2. The van der Waals surface area contributed by atoms with Crippen LogP contribution < -0.4 is 20.3 Å². The number of amides is 1. The summed E-state index contributed by atoms with van der Waals surface area (Å²) in [5, 5.41) is 7.93. The van der Waals surface area contributed by atoms with Crippen molar-refractivity contribution in [2.75, 3.05) is 18.5 Å². The number of carbonyl (C=O) groups is 1. The van der Waals surface area contributed by atoms with Crippen molar-refractivity contribution >= 4 is 39.4 Å². The van der Waals surface area contributed by atoms with Gasteiger partial charge in [-0.2, -0.15) is 9.78 Å². The highest BCUT2D eigenvalue weighted by molar-refractivity contribution is 7.18. The molecule has 0 spiro atoms. The Morgan fingerprint density at radius 1 is 1.16 bits per heavy atom. The molecule has 1 aliphatic rings. The monoisotopic (exact) mass is 516 g/mol. The Hall–Kier alpha value is -3.98. The van der Waals surface area contributed by atoms with Crippen molar-refractivity contribution in [1.82, 2.24) is 9.66 Å². The molecule has 2 heterocycles. The van der Waals surface area contributed by atoms with E-state index in [2.05, 4.69) is 15.4 Å². The van der Waals surface area contributed by atoms with Gasteiger partial charge >= 0.3 is 0 Å². The van der Waals surface area contributed by atoms with Crippen LogP contribution in [0.4, 0.5) is 5.69 Å². The van der Waals surface area contributed by atoms with E-state index in [0.717, 1.165) is 52.9 Å². The SMILES string of the molecule is CCOc1cc(/C=N\n2cnc3sc4c(c3c2=O)CCCC4)ccc1OCC(=O)Nc1ccccc1C. The van der Waals surface area contributed by atoms with Crippen LogP contribution in [-0.4, -0.2) is 35.0 Å². The fourth-order valence-electron chi connectivity index (χ4n) is 4.38. The molecule has 0 radical (unpaired) electrons. The minimum atomic E-state index is -0.264. The number of aromatic nitrogens is 2. The third-order valence-corrected chi connectivity index (χ3v) is 7.44. The topological polar surface area (TPSA) is 94.8 Å². The van der Waals surface area contributed by atoms with Crippen molar-refractivity contribution in [3.63, 3.8) is 0 Å². The molecule has 37 heavy (non-hydrogen) atoms. The molecule has 0 saturated carbocycles. The molecule has 0 unspecified atom stereocenters. The largest absolute Gasteiger partial charge is 0.490 e. The summed E-state index contributed by atoms with van der Waals surface area (Å²) in [6, 6.07) is 12.9. The molecule has 1 amide bonds. The number of para-hydroxylation sites is 1. The van der Waals surface area contributed by atoms with Gasteiger partial charge in [0.2, 0.25) is 0 Å². The highest BCUT2D eigenvalue weighted by Crippen LogP contribution is 2.33. The predicted octanol–water partition coefficient (Wildman–Crippen LogP) is 4.94. The molecule has 190 valence electrons. The predicted molar refractivity (Wildman–Crippen MR) is 146 cm³/mol. The Labute approximate surface area is 218 Å². The number of carbonyl (C=O) groups excluding carboxylic acids is 1. The van der Waals surface area contributed by atoms with E-state index in [-0.39, 0.29) is 18.1 Å². The van der Waals surface area contributed by atoms with Gasteiger partial charge in [-0.25, -0.2) is 4.98 Å². The first-order valence-electron chi connectivity index (χ1n) is 12.3. The van der Waals surface area contributed by atoms with Gasteiger partial charge in [-0.1, -0.05) is 18.2 Å². The highest BCUT2D eigenvalue weighted by Gasteiger charge is 2.20. The van der Waals surface area contributed by atoms with E-state index in [1.807, 2.05) is 38.1 Å². The first kappa shape index (κ1) is 24.7. The quantitative estimate of drug-likeness (QED) is 0.335. The smallest absolute Gasteiger partial charge is 0.282 e. The summed E-state index contributed by atoms with van der Waals surface area (Å²) in [7, 11) is 0. The number of nitrogens with zero attached hydrogens (tertiary/aromatic N) is 3. The fraction of sp³-hybridized carbons (Fsp3) is 0.286. The molecule has 1 N–H and O–H groups in total. The standard InChI is InChI=1S/C28H28N4O4S/c1-3-35-23-14-19(12-13-22(23)36-16-25(33)31-21-10-6-4-8-18(21)2)15-30-32-17-29-27-26(28(32)34)20-9-5-7-11-24(20)37-27/h4,6,8,10,12-15,17H,3,5,7,9,11,16H2,1-2H3,(H,31,33)/b30-15-. The average Bonchev–Trinajstić information content (AvgIpc) is 3.29. The maximum Gasteiger partial charge on any atom is 0.282 e. The summed E-state index contributed by atoms with van der Waals surface area (Å²) >= 11 is 1.62. The zero-order chi connectivity index (χ0) is 25.8. The number of rotatable bonds is 8. The van der Waals surface area contributed by atoms with E-state index < -0.39 is 0 Å². The van der Waals surface area contributed by atoms with Crippen molar-refractivity contribution in [3.05, 3.63) is 80.7 Å². The number of aryl methyl sites for hydroxylation is 3. The van der Waals surface area contributed by atoms with Gasteiger partial charge in [-0.05, 0) is 80.5 Å². The van der Waals surface area contributed by atoms with Crippen LogP contribution in [0, 0.1) is 6.92 Å². The van der Waals surface area contributed by atoms with Crippen LogP contribution in [0.1, 0.15) is 41.3 Å². The summed E-state index contributed by atoms with van der Waals surface area (Å²) < 4.78 is 12.8. The van der Waals surface area contributed by atoms with Crippen LogP contribution in [-0.2, 0) is 17.6 Å². The van der Waals surface area contributed by atoms with Gasteiger partial charge in [-0.15, -0.1) is 11.3 Å². The van der Waals surface area contributed by atoms with E-state index in [4.69, 9.17) is 9.47 Å². The maximum atomic E-state index is 13.1. The molecule has 0 aliphatic heterocycles. The molecular formula is C28H28N4O4S. The molecule has 5 rings (SSSR count). The first-order valence-corrected chi connectivity index (χ1v) is 13.2. The lowest BCUT2D eigenvalue weighted by molar-refractivity contribution is -0.118. The number of ether oxygens (including phenoxy) is 2. The second kappa shape index (κ2) is 11.0. The third-order valence-electron chi connectivity index (χ3n) is 6.24. The molecule has 0 bridgehead atoms. The van der Waals surface area contributed by atoms with Crippen molar-refractivity contribution in [2.24, 2.45) is 5.10 Å². The van der Waals surface area contributed by atoms with Crippen LogP contribution in [0.25, 0.3) is 10.2 Å². The van der Waals surface area contributed by atoms with Crippen molar-refractivity contribution in [3.8, 4) is 11.5 Å². The van der Waals surface area contributed by atoms with E-state index in [1.165, 1.54) is 15.9 Å². The van der Waals surface area contributed by atoms with Crippen LogP contribution in [0.3, 0.4) is 0 Å². The normalized spacial score (nSPS) is 13.0. The second-order valence-electron chi connectivity index (χ2n) is 8.82. The Kier molecular flexibility index (Phi) is 7.32. The van der Waals surface area contributed by atoms with Gasteiger partial charge in [0.15, 0.2) is 18.1 Å².